The first-order chi connectivity index (χ1) is 14.4. The fraction of sp³-hybridized carbons (Fsp3) is 0.409. The zero-order valence-corrected chi connectivity index (χ0v) is 17.2. The number of sulfonamides is 1. The van der Waals surface area contributed by atoms with Gasteiger partial charge in [0.2, 0.25) is 15.9 Å². The lowest BCUT2D eigenvalue weighted by Gasteiger charge is -2.31. The second-order valence-corrected chi connectivity index (χ2v) is 9.93. The highest BCUT2D eigenvalue weighted by molar-refractivity contribution is 7.89. The van der Waals surface area contributed by atoms with E-state index >= 15 is 0 Å². The SMILES string of the molecule is O=C(NC(c1ccccc1)C1CC1)C1CCN(S(=O)(=O)c2ccc(F)c(F)c2)CC1. The van der Waals surface area contributed by atoms with Crippen LogP contribution < -0.4 is 5.32 Å². The molecular weight excluding hydrogens is 410 g/mol. The minimum atomic E-state index is -3.92. The second-order valence-electron chi connectivity index (χ2n) is 7.99. The van der Waals surface area contributed by atoms with E-state index in [2.05, 4.69) is 5.32 Å². The molecule has 1 unspecified atom stereocenters. The smallest absolute Gasteiger partial charge is 0.243 e. The minimum absolute atomic E-state index is 0.0114. The first-order valence-electron chi connectivity index (χ1n) is 10.2. The molecule has 0 spiro atoms. The summed E-state index contributed by atoms with van der Waals surface area (Å²) < 4.78 is 53.3. The summed E-state index contributed by atoms with van der Waals surface area (Å²) >= 11 is 0. The van der Waals surface area contributed by atoms with Gasteiger partial charge in [-0.1, -0.05) is 30.3 Å². The number of carbonyl (C=O) groups is 1. The molecule has 160 valence electrons. The van der Waals surface area contributed by atoms with Crippen LogP contribution in [0.15, 0.2) is 53.4 Å². The Morgan fingerprint density at radius 2 is 1.63 bits per heavy atom. The average Bonchev–Trinajstić information content (AvgIpc) is 3.59. The lowest BCUT2D eigenvalue weighted by atomic mass is 9.95. The summed E-state index contributed by atoms with van der Waals surface area (Å²) in [6.07, 6.45) is 2.96. The van der Waals surface area contributed by atoms with Gasteiger partial charge in [0.15, 0.2) is 11.6 Å². The van der Waals surface area contributed by atoms with Gasteiger partial charge in [0, 0.05) is 19.0 Å². The third kappa shape index (κ3) is 4.39. The number of piperidine rings is 1. The van der Waals surface area contributed by atoms with Crippen LogP contribution in [0.3, 0.4) is 0 Å². The lowest BCUT2D eigenvalue weighted by molar-refractivity contribution is -0.127. The van der Waals surface area contributed by atoms with Crippen molar-refractivity contribution in [3.05, 3.63) is 65.7 Å². The number of amides is 1. The molecule has 0 aromatic heterocycles. The van der Waals surface area contributed by atoms with Gasteiger partial charge < -0.3 is 5.32 Å². The quantitative estimate of drug-likeness (QED) is 0.755. The number of hydrogen-bond acceptors (Lipinski definition) is 3. The average molecular weight is 435 g/mol. The van der Waals surface area contributed by atoms with Gasteiger partial charge in [0.1, 0.15) is 0 Å². The highest BCUT2D eigenvalue weighted by atomic mass is 32.2. The third-order valence-corrected chi connectivity index (χ3v) is 7.80. The van der Waals surface area contributed by atoms with E-state index in [1.54, 1.807) is 0 Å². The monoisotopic (exact) mass is 434 g/mol. The van der Waals surface area contributed by atoms with Crippen LogP contribution in [0.4, 0.5) is 8.78 Å². The molecule has 5 nitrogen and oxygen atoms in total. The van der Waals surface area contributed by atoms with Crippen molar-refractivity contribution in [3.63, 3.8) is 0 Å². The Labute approximate surface area is 175 Å². The second kappa shape index (κ2) is 8.43. The maximum Gasteiger partial charge on any atom is 0.243 e. The van der Waals surface area contributed by atoms with Gasteiger partial charge in [0.25, 0.3) is 0 Å². The van der Waals surface area contributed by atoms with E-state index in [9.17, 15) is 22.0 Å². The zero-order chi connectivity index (χ0) is 21.3. The van der Waals surface area contributed by atoms with Gasteiger partial charge in [-0.05, 0) is 55.4 Å². The molecule has 1 heterocycles. The van der Waals surface area contributed by atoms with Crippen molar-refractivity contribution >= 4 is 15.9 Å². The normalized spacial score (nSPS) is 19.4. The van der Waals surface area contributed by atoms with E-state index in [4.69, 9.17) is 0 Å². The third-order valence-electron chi connectivity index (χ3n) is 5.90. The van der Waals surface area contributed by atoms with Crippen LogP contribution in [0.5, 0.6) is 0 Å². The first-order valence-corrected chi connectivity index (χ1v) is 11.6. The number of carbonyl (C=O) groups excluding carboxylic acids is 1. The van der Waals surface area contributed by atoms with Crippen LogP contribution in [0, 0.1) is 23.5 Å². The molecule has 30 heavy (non-hydrogen) atoms. The maximum absolute atomic E-state index is 13.5. The van der Waals surface area contributed by atoms with Crippen molar-refractivity contribution in [2.45, 2.75) is 36.6 Å². The predicted octanol–water partition coefficient (Wildman–Crippen LogP) is 3.63. The van der Waals surface area contributed by atoms with Crippen LogP contribution in [-0.4, -0.2) is 31.7 Å². The van der Waals surface area contributed by atoms with Gasteiger partial charge in [0.05, 0.1) is 10.9 Å². The summed E-state index contributed by atoms with van der Waals surface area (Å²) in [6.45, 7) is 0.331. The Morgan fingerprint density at radius 1 is 0.967 bits per heavy atom. The molecule has 2 aliphatic rings. The molecule has 2 fully saturated rings. The van der Waals surface area contributed by atoms with Crippen molar-refractivity contribution in [3.8, 4) is 0 Å². The van der Waals surface area contributed by atoms with Gasteiger partial charge >= 0.3 is 0 Å². The summed E-state index contributed by atoms with van der Waals surface area (Å²) in [7, 11) is -3.92. The van der Waals surface area contributed by atoms with Crippen molar-refractivity contribution < 1.29 is 22.0 Å². The molecule has 0 bridgehead atoms. The number of rotatable bonds is 6. The Hall–Kier alpha value is -2.32. The van der Waals surface area contributed by atoms with E-state index in [1.807, 2.05) is 30.3 Å². The summed E-state index contributed by atoms with van der Waals surface area (Å²) in [4.78, 5) is 12.6. The zero-order valence-electron chi connectivity index (χ0n) is 16.4. The molecule has 1 saturated carbocycles. The Morgan fingerprint density at radius 3 is 2.23 bits per heavy atom. The number of nitrogens with one attached hydrogen (secondary N) is 1. The Kier molecular flexibility index (Phi) is 5.88. The molecule has 0 radical (unpaired) electrons. The van der Waals surface area contributed by atoms with Gasteiger partial charge in [-0.15, -0.1) is 0 Å². The van der Waals surface area contributed by atoms with Crippen molar-refractivity contribution in [1.29, 1.82) is 0 Å². The van der Waals surface area contributed by atoms with E-state index < -0.39 is 21.7 Å². The molecule has 1 saturated heterocycles. The fourth-order valence-electron chi connectivity index (χ4n) is 3.98. The first kappa shape index (κ1) is 20.9. The van der Waals surface area contributed by atoms with E-state index in [0.29, 0.717) is 24.8 Å². The Balaban J connectivity index is 1.39. The Bertz CT molecular complexity index is 1020. The number of nitrogens with zero attached hydrogens (tertiary/aromatic N) is 1. The lowest BCUT2D eigenvalue weighted by Crippen LogP contribution is -2.44. The van der Waals surface area contributed by atoms with Crippen molar-refractivity contribution in [1.82, 2.24) is 9.62 Å². The van der Waals surface area contributed by atoms with Crippen LogP contribution in [0.25, 0.3) is 0 Å². The largest absolute Gasteiger partial charge is 0.349 e. The van der Waals surface area contributed by atoms with E-state index in [0.717, 1.165) is 30.5 Å². The standard InChI is InChI=1S/C22H24F2N2O3S/c23-19-9-8-18(14-20(19)24)30(28,29)26-12-10-17(11-13-26)22(27)25-21(16-6-7-16)15-4-2-1-3-5-15/h1-5,8-9,14,16-17,21H,6-7,10-13H2,(H,25,27). The van der Waals surface area contributed by atoms with Crippen molar-refractivity contribution in [2.75, 3.05) is 13.1 Å². The molecule has 1 amide bonds. The molecule has 1 aliphatic heterocycles. The molecule has 1 atom stereocenters. The minimum Gasteiger partial charge on any atom is -0.349 e. The molecule has 2 aromatic carbocycles. The van der Waals surface area contributed by atoms with Crippen LogP contribution in [0.1, 0.15) is 37.3 Å². The molecule has 2 aromatic rings. The fourth-order valence-corrected chi connectivity index (χ4v) is 5.46. The summed E-state index contributed by atoms with van der Waals surface area (Å²) in [5.74, 6) is -2.16. The number of benzene rings is 2. The highest BCUT2D eigenvalue weighted by Gasteiger charge is 2.37. The highest BCUT2D eigenvalue weighted by Crippen LogP contribution is 2.41. The van der Waals surface area contributed by atoms with Crippen LogP contribution >= 0.6 is 0 Å². The van der Waals surface area contributed by atoms with Gasteiger partial charge in [-0.2, -0.15) is 4.31 Å². The number of hydrogen-bond donors (Lipinski definition) is 1. The van der Waals surface area contributed by atoms with Crippen LogP contribution in [0.2, 0.25) is 0 Å². The summed E-state index contributed by atoms with van der Waals surface area (Å²) in [5, 5.41) is 3.17. The predicted molar refractivity (Wildman–Crippen MR) is 108 cm³/mol. The van der Waals surface area contributed by atoms with Gasteiger partial charge in [-0.3, -0.25) is 4.79 Å². The topological polar surface area (TPSA) is 66.5 Å². The van der Waals surface area contributed by atoms with E-state index in [1.165, 1.54) is 4.31 Å². The maximum atomic E-state index is 13.5. The molecule has 1 aliphatic carbocycles. The molecule has 8 heteroatoms. The molecule has 1 N–H and O–H groups in total. The molecular formula is C22H24F2N2O3S. The van der Waals surface area contributed by atoms with Crippen LogP contribution in [-0.2, 0) is 14.8 Å². The van der Waals surface area contributed by atoms with Gasteiger partial charge in [-0.25, -0.2) is 17.2 Å². The van der Waals surface area contributed by atoms with Crippen molar-refractivity contribution in [2.24, 2.45) is 11.8 Å². The van der Waals surface area contributed by atoms with E-state index in [-0.39, 0.29) is 35.9 Å². The summed E-state index contributed by atoms with van der Waals surface area (Å²) in [6, 6.07) is 12.4. The number of halogens is 2. The summed E-state index contributed by atoms with van der Waals surface area (Å²) in [5.41, 5.74) is 1.09. The molecule has 4 rings (SSSR count).